The Morgan fingerprint density at radius 1 is 1.50 bits per heavy atom. The fourth-order valence-corrected chi connectivity index (χ4v) is 3.31. The Morgan fingerprint density at radius 2 is 2.25 bits per heavy atom. The summed E-state index contributed by atoms with van der Waals surface area (Å²) in [4.78, 5) is 23.3. The molecule has 2 rings (SSSR count). The summed E-state index contributed by atoms with van der Waals surface area (Å²) < 4.78 is 2.73. The lowest BCUT2D eigenvalue weighted by molar-refractivity contribution is -0.142. The molecule has 2 atom stereocenters. The zero-order valence-corrected chi connectivity index (χ0v) is 13.0. The fourth-order valence-electron chi connectivity index (χ4n) is 2.85. The van der Waals surface area contributed by atoms with E-state index in [-0.39, 0.29) is 17.7 Å². The first-order chi connectivity index (χ1) is 9.52. The lowest BCUT2D eigenvalue weighted by Gasteiger charge is -2.16. The summed E-state index contributed by atoms with van der Waals surface area (Å²) in [6.45, 7) is 3.12. The average Bonchev–Trinajstić information content (AvgIpc) is 3.01. The number of aryl methyl sites for hydroxylation is 1. The van der Waals surface area contributed by atoms with Gasteiger partial charge in [-0.2, -0.15) is 0 Å². The van der Waals surface area contributed by atoms with Crippen LogP contribution < -0.4 is 5.32 Å². The fraction of sp³-hybridized carbons (Fsp3) is 0.571. The molecule has 0 bridgehead atoms. The third-order valence-corrected chi connectivity index (χ3v) is 4.37. The van der Waals surface area contributed by atoms with Gasteiger partial charge in [-0.05, 0) is 47.7 Å². The molecule has 0 spiro atoms. The molecule has 6 heteroatoms. The number of hydrogen-bond donors (Lipinski definition) is 2. The van der Waals surface area contributed by atoms with E-state index in [9.17, 15) is 9.59 Å². The van der Waals surface area contributed by atoms with Gasteiger partial charge in [-0.15, -0.1) is 0 Å². The number of aromatic nitrogens is 1. The minimum absolute atomic E-state index is 0.0462. The van der Waals surface area contributed by atoms with E-state index >= 15 is 0 Å². The summed E-state index contributed by atoms with van der Waals surface area (Å²) in [5, 5.41) is 12.0. The molecule has 110 valence electrons. The topological polar surface area (TPSA) is 71.3 Å². The molecule has 5 nitrogen and oxygen atoms in total. The van der Waals surface area contributed by atoms with Crippen molar-refractivity contribution in [1.29, 1.82) is 0 Å². The van der Waals surface area contributed by atoms with Gasteiger partial charge in [0.2, 0.25) is 0 Å². The van der Waals surface area contributed by atoms with Gasteiger partial charge in [0.15, 0.2) is 0 Å². The second kappa shape index (κ2) is 6.43. The van der Waals surface area contributed by atoms with Crippen LogP contribution in [0.4, 0.5) is 0 Å². The number of carbonyl (C=O) groups excluding carboxylic acids is 1. The highest BCUT2D eigenvalue weighted by Gasteiger charge is 2.33. The molecule has 1 amide bonds. The highest BCUT2D eigenvalue weighted by atomic mass is 79.9. The number of aliphatic carboxylic acids is 1. The lowest BCUT2D eigenvalue weighted by Crippen LogP contribution is -2.33. The quantitative estimate of drug-likeness (QED) is 0.863. The van der Waals surface area contributed by atoms with Gasteiger partial charge in [0.05, 0.1) is 5.92 Å². The number of carboxylic acids is 1. The van der Waals surface area contributed by atoms with Crippen LogP contribution in [-0.4, -0.2) is 28.1 Å². The Kier molecular flexibility index (Phi) is 4.86. The van der Waals surface area contributed by atoms with Gasteiger partial charge in [0.25, 0.3) is 5.91 Å². The van der Waals surface area contributed by atoms with Crippen LogP contribution in [0.1, 0.15) is 36.7 Å². The van der Waals surface area contributed by atoms with Gasteiger partial charge in [0, 0.05) is 23.8 Å². The smallest absolute Gasteiger partial charge is 0.306 e. The number of nitrogens with zero attached hydrogens (tertiary/aromatic N) is 1. The molecular weight excluding hydrogens is 324 g/mol. The molecule has 0 aromatic carbocycles. The normalized spacial score (nSPS) is 21.9. The molecule has 0 radical (unpaired) electrons. The first-order valence-electron chi connectivity index (χ1n) is 6.89. The number of amides is 1. The maximum absolute atomic E-state index is 12.2. The van der Waals surface area contributed by atoms with Crippen molar-refractivity contribution in [3.05, 3.63) is 22.4 Å². The lowest BCUT2D eigenvalue weighted by atomic mass is 9.96. The zero-order chi connectivity index (χ0) is 14.7. The molecule has 1 saturated carbocycles. The molecule has 0 saturated heterocycles. The number of halogens is 1. The van der Waals surface area contributed by atoms with E-state index in [4.69, 9.17) is 5.11 Å². The van der Waals surface area contributed by atoms with E-state index in [1.54, 1.807) is 6.07 Å². The molecule has 1 aliphatic carbocycles. The maximum atomic E-state index is 12.2. The Bertz CT molecular complexity index is 513. The van der Waals surface area contributed by atoms with E-state index in [1.165, 1.54) is 0 Å². The van der Waals surface area contributed by atoms with Gasteiger partial charge < -0.3 is 15.0 Å². The van der Waals surface area contributed by atoms with E-state index in [1.807, 2.05) is 17.7 Å². The largest absolute Gasteiger partial charge is 0.481 e. The third-order valence-electron chi connectivity index (χ3n) is 3.94. The first-order valence-corrected chi connectivity index (χ1v) is 7.69. The molecule has 1 aliphatic rings. The van der Waals surface area contributed by atoms with Crippen LogP contribution in [0, 0.1) is 11.8 Å². The predicted octanol–water partition coefficient (Wildman–Crippen LogP) is 2.50. The highest BCUT2D eigenvalue weighted by Crippen LogP contribution is 2.31. The molecular formula is C14H19BrN2O3. The molecule has 20 heavy (non-hydrogen) atoms. The minimum atomic E-state index is -0.749. The Labute approximate surface area is 126 Å². The number of nitrogens with one attached hydrogen (secondary N) is 1. The monoisotopic (exact) mass is 342 g/mol. The van der Waals surface area contributed by atoms with Gasteiger partial charge >= 0.3 is 5.97 Å². The van der Waals surface area contributed by atoms with Crippen molar-refractivity contribution < 1.29 is 14.7 Å². The second-order valence-electron chi connectivity index (χ2n) is 5.18. The highest BCUT2D eigenvalue weighted by molar-refractivity contribution is 9.10. The molecule has 1 heterocycles. The summed E-state index contributed by atoms with van der Waals surface area (Å²) in [5.41, 5.74) is 0.601. The molecule has 2 unspecified atom stereocenters. The SMILES string of the molecule is CCn1cc(Br)cc1C(=O)NCC1CCCC1C(=O)O. The van der Waals surface area contributed by atoms with Crippen molar-refractivity contribution in [2.24, 2.45) is 11.8 Å². The van der Waals surface area contributed by atoms with Crippen LogP contribution in [-0.2, 0) is 11.3 Å². The standard InChI is InChI=1S/C14H19BrN2O3/c1-2-17-8-10(15)6-12(17)13(18)16-7-9-4-3-5-11(9)14(19)20/h6,8-9,11H,2-5,7H2,1H3,(H,16,18)(H,19,20). The van der Waals surface area contributed by atoms with Crippen LogP contribution in [0.3, 0.4) is 0 Å². The Hall–Kier alpha value is -1.30. The van der Waals surface area contributed by atoms with E-state index in [0.29, 0.717) is 18.7 Å². The van der Waals surface area contributed by atoms with E-state index < -0.39 is 5.97 Å². The van der Waals surface area contributed by atoms with Crippen molar-refractivity contribution in [2.45, 2.75) is 32.7 Å². The molecule has 1 aromatic rings. The number of carboxylic acid groups (broad SMARTS) is 1. The van der Waals surface area contributed by atoms with Crippen molar-refractivity contribution in [1.82, 2.24) is 9.88 Å². The summed E-state index contributed by atoms with van der Waals surface area (Å²) >= 11 is 3.36. The van der Waals surface area contributed by atoms with Gasteiger partial charge in [-0.25, -0.2) is 0 Å². The number of hydrogen-bond acceptors (Lipinski definition) is 2. The Balaban J connectivity index is 1.96. The van der Waals surface area contributed by atoms with E-state index in [2.05, 4.69) is 21.2 Å². The van der Waals surface area contributed by atoms with Crippen LogP contribution in [0.5, 0.6) is 0 Å². The van der Waals surface area contributed by atoms with Crippen LogP contribution in [0.15, 0.2) is 16.7 Å². The summed E-state index contributed by atoms with van der Waals surface area (Å²) in [6.07, 6.45) is 4.38. The zero-order valence-electron chi connectivity index (χ0n) is 11.4. The maximum Gasteiger partial charge on any atom is 0.306 e. The van der Waals surface area contributed by atoms with Gasteiger partial charge in [-0.3, -0.25) is 9.59 Å². The van der Waals surface area contributed by atoms with Crippen LogP contribution in [0.2, 0.25) is 0 Å². The molecule has 0 aliphatic heterocycles. The number of carbonyl (C=O) groups is 2. The third kappa shape index (κ3) is 3.23. The van der Waals surface area contributed by atoms with Gasteiger partial charge in [0.1, 0.15) is 5.69 Å². The van der Waals surface area contributed by atoms with Crippen molar-refractivity contribution >= 4 is 27.8 Å². The number of rotatable bonds is 5. The Morgan fingerprint density at radius 3 is 2.90 bits per heavy atom. The summed E-state index contributed by atoms with van der Waals surface area (Å²) in [6, 6.07) is 1.78. The molecule has 1 fully saturated rings. The average molecular weight is 343 g/mol. The predicted molar refractivity (Wildman–Crippen MR) is 78.6 cm³/mol. The minimum Gasteiger partial charge on any atom is -0.481 e. The van der Waals surface area contributed by atoms with E-state index in [0.717, 1.165) is 23.9 Å². The summed E-state index contributed by atoms with van der Waals surface area (Å²) in [5.74, 6) is -1.17. The van der Waals surface area contributed by atoms with Crippen molar-refractivity contribution in [2.75, 3.05) is 6.54 Å². The first kappa shape index (κ1) is 15.1. The van der Waals surface area contributed by atoms with Crippen molar-refractivity contribution in [3.63, 3.8) is 0 Å². The van der Waals surface area contributed by atoms with Crippen molar-refractivity contribution in [3.8, 4) is 0 Å². The van der Waals surface area contributed by atoms with Crippen LogP contribution >= 0.6 is 15.9 Å². The molecule has 2 N–H and O–H groups in total. The molecule has 1 aromatic heterocycles. The second-order valence-corrected chi connectivity index (χ2v) is 6.09. The van der Waals surface area contributed by atoms with Gasteiger partial charge in [-0.1, -0.05) is 6.42 Å². The van der Waals surface area contributed by atoms with Crippen LogP contribution in [0.25, 0.3) is 0 Å². The summed E-state index contributed by atoms with van der Waals surface area (Å²) in [7, 11) is 0.